The van der Waals surface area contributed by atoms with Gasteiger partial charge < -0.3 is 10.2 Å². The molecular weight excluding hydrogens is 250 g/mol. The van der Waals surface area contributed by atoms with Crippen LogP contribution in [-0.4, -0.2) is 35.3 Å². The van der Waals surface area contributed by atoms with Crippen molar-refractivity contribution in [3.8, 4) is 6.07 Å². The predicted molar refractivity (Wildman–Crippen MR) is 74.2 cm³/mol. The van der Waals surface area contributed by atoms with E-state index in [0.29, 0.717) is 18.8 Å². The van der Waals surface area contributed by atoms with Crippen LogP contribution in [0.5, 0.6) is 0 Å². The molecule has 0 aliphatic carbocycles. The van der Waals surface area contributed by atoms with Crippen molar-refractivity contribution in [2.24, 2.45) is 0 Å². The monoisotopic (exact) mass is 271 g/mol. The molecule has 0 unspecified atom stereocenters. The number of carbonyl (C=O) groups excluding carboxylic acids is 1. The molecule has 5 heteroatoms. The van der Waals surface area contributed by atoms with E-state index in [1.807, 2.05) is 38.7 Å². The summed E-state index contributed by atoms with van der Waals surface area (Å²) in [5, 5.41) is 11.7. The fourth-order valence-electron chi connectivity index (χ4n) is 1.42. The van der Waals surface area contributed by atoms with Gasteiger partial charge in [0.25, 0.3) is 5.91 Å². The van der Waals surface area contributed by atoms with Gasteiger partial charge in [-0.25, -0.2) is 0 Å². The van der Waals surface area contributed by atoms with Gasteiger partial charge in [0.1, 0.15) is 11.6 Å². The van der Waals surface area contributed by atoms with Crippen LogP contribution in [0, 0.1) is 11.3 Å². The van der Waals surface area contributed by atoms with E-state index in [0.717, 1.165) is 6.54 Å². The Morgan fingerprint density at radius 3 is 2.50 bits per heavy atom. The number of alkyl halides is 1. The third kappa shape index (κ3) is 5.92. The van der Waals surface area contributed by atoms with Crippen molar-refractivity contribution in [3.05, 3.63) is 11.8 Å². The van der Waals surface area contributed by atoms with Crippen LogP contribution < -0.4 is 5.32 Å². The lowest BCUT2D eigenvalue weighted by Crippen LogP contribution is -2.38. The number of hydrogen-bond acceptors (Lipinski definition) is 3. The molecule has 0 aliphatic heterocycles. The summed E-state index contributed by atoms with van der Waals surface area (Å²) in [7, 11) is 0. The largest absolute Gasteiger partial charge is 0.372 e. The Balaban J connectivity index is 4.75. The summed E-state index contributed by atoms with van der Waals surface area (Å²) in [5.41, 5.74) is 0.00846. The summed E-state index contributed by atoms with van der Waals surface area (Å²) in [5.74, 6) is 0.153. The predicted octanol–water partition coefficient (Wildman–Crippen LogP) is 2.26. The third-order valence-corrected chi connectivity index (χ3v) is 2.72. The number of nitrogens with one attached hydrogen (secondary N) is 1. The maximum absolute atomic E-state index is 11.8. The fourth-order valence-corrected chi connectivity index (χ4v) is 1.55. The van der Waals surface area contributed by atoms with Crippen LogP contribution in [-0.2, 0) is 4.79 Å². The van der Waals surface area contributed by atoms with Crippen LogP contribution in [0.15, 0.2) is 11.8 Å². The van der Waals surface area contributed by atoms with Gasteiger partial charge in [0.2, 0.25) is 0 Å². The molecule has 102 valence electrons. The number of nitrogens with zero attached hydrogens (tertiary/aromatic N) is 2. The summed E-state index contributed by atoms with van der Waals surface area (Å²) in [6, 6.07) is 1.94. The third-order valence-electron chi connectivity index (χ3n) is 2.45. The Morgan fingerprint density at radius 2 is 2.11 bits per heavy atom. The molecule has 18 heavy (non-hydrogen) atoms. The first-order valence-corrected chi connectivity index (χ1v) is 6.63. The van der Waals surface area contributed by atoms with Gasteiger partial charge in [-0.3, -0.25) is 4.79 Å². The second-order valence-corrected chi connectivity index (χ2v) is 5.29. The Kier molecular flexibility index (Phi) is 7.45. The minimum Gasteiger partial charge on any atom is -0.372 e. The molecule has 0 radical (unpaired) electrons. The lowest BCUT2D eigenvalue weighted by molar-refractivity contribution is -0.117. The first-order valence-electron chi connectivity index (χ1n) is 6.09. The number of amides is 1. The van der Waals surface area contributed by atoms with Crippen LogP contribution in [0.4, 0.5) is 0 Å². The zero-order valence-electron chi connectivity index (χ0n) is 11.6. The van der Waals surface area contributed by atoms with Crippen LogP contribution in [0.3, 0.4) is 0 Å². The quantitative estimate of drug-likeness (QED) is 0.349. The smallest absolute Gasteiger partial charge is 0.263 e. The first-order chi connectivity index (χ1) is 8.36. The van der Waals surface area contributed by atoms with E-state index in [4.69, 9.17) is 16.9 Å². The minimum atomic E-state index is -0.342. The molecule has 0 spiro atoms. The van der Waals surface area contributed by atoms with E-state index in [1.54, 1.807) is 6.20 Å². The van der Waals surface area contributed by atoms with Crippen molar-refractivity contribution in [3.63, 3.8) is 0 Å². The van der Waals surface area contributed by atoms with Crippen LogP contribution >= 0.6 is 11.6 Å². The Labute approximate surface area is 115 Å². The van der Waals surface area contributed by atoms with Gasteiger partial charge in [0, 0.05) is 30.7 Å². The summed E-state index contributed by atoms with van der Waals surface area (Å²) in [6.07, 6.45) is 2.32. The van der Waals surface area contributed by atoms with Gasteiger partial charge in [-0.1, -0.05) is 0 Å². The van der Waals surface area contributed by atoms with Crippen molar-refractivity contribution < 1.29 is 4.79 Å². The van der Waals surface area contributed by atoms with E-state index in [1.165, 1.54) is 0 Å². The Hall–Kier alpha value is -1.21. The number of halogens is 1. The summed E-state index contributed by atoms with van der Waals surface area (Å²) in [6.45, 7) is 9.32. The highest BCUT2D eigenvalue weighted by molar-refractivity contribution is 6.17. The zero-order chi connectivity index (χ0) is 14.2. The summed E-state index contributed by atoms with van der Waals surface area (Å²) >= 11 is 5.53. The van der Waals surface area contributed by atoms with E-state index in [2.05, 4.69) is 5.32 Å². The highest BCUT2D eigenvalue weighted by atomic mass is 35.5. The van der Waals surface area contributed by atoms with Crippen molar-refractivity contribution in [2.75, 3.05) is 19.0 Å². The Morgan fingerprint density at radius 1 is 1.50 bits per heavy atom. The molecule has 0 aromatic rings. The van der Waals surface area contributed by atoms with Crippen molar-refractivity contribution in [2.45, 2.75) is 39.7 Å². The van der Waals surface area contributed by atoms with Crippen molar-refractivity contribution >= 4 is 17.5 Å². The molecule has 1 amide bonds. The van der Waals surface area contributed by atoms with E-state index in [-0.39, 0.29) is 17.0 Å². The van der Waals surface area contributed by atoms with Gasteiger partial charge in [0.15, 0.2) is 0 Å². The van der Waals surface area contributed by atoms with Gasteiger partial charge in [0.05, 0.1) is 0 Å². The van der Waals surface area contributed by atoms with E-state index in [9.17, 15) is 4.79 Å². The van der Waals surface area contributed by atoms with Crippen LogP contribution in [0.25, 0.3) is 0 Å². The normalized spacial score (nSPS) is 11.9. The molecule has 0 aromatic carbocycles. The highest BCUT2D eigenvalue weighted by Gasteiger charge is 2.19. The molecule has 0 aliphatic rings. The van der Waals surface area contributed by atoms with Gasteiger partial charge >= 0.3 is 0 Å². The number of carbonyl (C=O) groups is 1. The average molecular weight is 272 g/mol. The second kappa shape index (κ2) is 7.99. The van der Waals surface area contributed by atoms with Crippen LogP contribution in [0.2, 0.25) is 0 Å². The number of nitriles is 1. The molecule has 0 fully saturated rings. The average Bonchev–Trinajstić information content (AvgIpc) is 2.29. The van der Waals surface area contributed by atoms with Gasteiger partial charge in [-0.05, 0) is 34.1 Å². The lowest BCUT2D eigenvalue weighted by atomic mass is 10.1. The maximum Gasteiger partial charge on any atom is 0.263 e. The minimum absolute atomic E-state index is 0.118. The molecular formula is C13H22ClN3O. The van der Waals surface area contributed by atoms with Crippen molar-refractivity contribution in [1.82, 2.24) is 10.2 Å². The second-order valence-electron chi connectivity index (χ2n) is 4.91. The number of hydrogen-bond donors (Lipinski definition) is 1. The molecule has 0 bridgehead atoms. The molecule has 0 aromatic heterocycles. The SMILES string of the molecule is CCN(/C=C(/C#N)C(=O)NCCCCl)C(C)(C)C. The molecule has 0 heterocycles. The lowest BCUT2D eigenvalue weighted by Gasteiger charge is -2.33. The highest BCUT2D eigenvalue weighted by Crippen LogP contribution is 2.14. The fraction of sp³-hybridized carbons (Fsp3) is 0.692. The molecule has 1 N–H and O–H groups in total. The van der Waals surface area contributed by atoms with Gasteiger partial charge in [-0.15, -0.1) is 11.6 Å². The summed E-state index contributed by atoms with van der Waals surface area (Å²) in [4.78, 5) is 13.7. The summed E-state index contributed by atoms with van der Waals surface area (Å²) < 4.78 is 0. The van der Waals surface area contributed by atoms with E-state index >= 15 is 0 Å². The molecule has 0 atom stereocenters. The maximum atomic E-state index is 11.8. The van der Waals surface area contributed by atoms with Crippen LogP contribution in [0.1, 0.15) is 34.1 Å². The first kappa shape index (κ1) is 16.8. The molecule has 0 saturated carbocycles. The molecule has 0 rings (SSSR count). The topological polar surface area (TPSA) is 56.1 Å². The zero-order valence-corrected chi connectivity index (χ0v) is 12.3. The van der Waals surface area contributed by atoms with Crippen molar-refractivity contribution in [1.29, 1.82) is 5.26 Å². The van der Waals surface area contributed by atoms with E-state index < -0.39 is 0 Å². The Bertz CT molecular complexity index is 339. The number of rotatable bonds is 6. The van der Waals surface area contributed by atoms with Gasteiger partial charge in [-0.2, -0.15) is 5.26 Å². The molecule has 4 nitrogen and oxygen atoms in total. The molecule has 0 saturated heterocycles. The standard InChI is InChI=1S/C13H22ClN3O/c1-5-17(13(2,3)4)10-11(9-15)12(18)16-8-6-7-14/h10H,5-8H2,1-4H3,(H,16,18)/b11-10-.